The lowest BCUT2D eigenvalue weighted by Crippen LogP contribution is -2.20. The predicted octanol–water partition coefficient (Wildman–Crippen LogP) is 0.609. The fourth-order valence-electron chi connectivity index (χ4n) is 3.15. The molecular weight excluding hydrogens is 432 g/mol. The Morgan fingerprint density at radius 1 is 1.21 bits per heavy atom. The van der Waals surface area contributed by atoms with Crippen LogP contribution in [0.2, 0.25) is 0 Å². The van der Waals surface area contributed by atoms with Gasteiger partial charge in [-0.25, -0.2) is 9.97 Å². The largest absolute Gasteiger partial charge is 0.468 e. The number of benzene rings is 1. The van der Waals surface area contributed by atoms with Gasteiger partial charge in [0.1, 0.15) is 6.10 Å². The lowest BCUT2D eigenvalue weighted by Gasteiger charge is -2.19. The summed E-state index contributed by atoms with van der Waals surface area (Å²) in [6.45, 7) is 0.965. The summed E-state index contributed by atoms with van der Waals surface area (Å²) in [4.78, 5) is 62.1. The van der Waals surface area contributed by atoms with Crippen LogP contribution in [0.25, 0.3) is 11.2 Å². The Hall–Kier alpha value is -4.35. The van der Waals surface area contributed by atoms with Gasteiger partial charge in [-0.3, -0.25) is 24.2 Å². The van der Waals surface area contributed by atoms with Gasteiger partial charge in [0.05, 0.1) is 25.0 Å². The van der Waals surface area contributed by atoms with Crippen molar-refractivity contribution in [2.24, 2.45) is 0 Å². The molecule has 0 spiro atoms. The molecule has 1 atom stereocenters. The van der Waals surface area contributed by atoms with Crippen LogP contribution in [0, 0.1) is 0 Å². The Balaban J connectivity index is 1.65. The van der Waals surface area contributed by atoms with E-state index in [1.165, 1.54) is 6.20 Å². The van der Waals surface area contributed by atoms with Crippen LogP contribution in [-0.4, -0.2) is 58.4 Å². The second-order valence-corrected chi connectivity index (χ2v) is 7.12. The van der Waals surface area contributed by atoms with Crippen LogP contribution in [0.4, 0.5) is 11.6 Å². The van der Waals surface area contributed by atoms with Gasteiger partial charge in [-0.2, -0.15) is 4.98 Å². The van der Waals surface area contributed by atoms with Gasteiger partial charge >= 0.3 is 0 Å². The number of nitrogens with two attached hydrogens (primary N) is 1. The highest BCUT2D eigenvalue weighted by Crippen LogP contribution is 2.18. The maximum Gasteiger partial charge on any atom is 0.293 e. The van der Waals surface area contributed by atoms with E-state index in [1.54, 1.807) is 24.3 Å². The summed E-state index contributed by atoms with van der Waals surface area (Å²) in [5, 5.41) is 0. The molecule has 0 unspecified atom stereocenters. The average molecular weight is 454 g/mol. The molecule has 2 aromatic heterocycles. The van der Waals surface area contributed by atoms with Crippen molar-refractivity contribution in [1.82, 2.24) is 19.9 Å². The van der Waals surface area contributed by atoms with Crippen LogP contribution >= 0.6 is 0 Å². The number of aromatic nitrogens is 4. The lowest BCUT2D eigenvalue weighted by molar-refractivity contribution is -0.135. The maximum atomic E-state index is 12.5. The summed E-state index contributed by atoms with van der Waals surface area (Å²) in [7, 11) is 1.83. The summed E-state index contributed by atoms with van der Waals surface area (Å²) in [5.74, 6) is -0.242. The number of nitrogens with one attached hydrogen (secondary N) is 1. The Morgan fingerprint density at radius 2 is 1.97 bits per heavy atom. The molecule has 3 N–H and O–H groups in total. The van der Waals surface area contributed by atoms with E-state index in [4.69, 9.17) is 10.5 Å². The van der Waals surface area contributed by atoms with Crippen LogP contribution in [0.3, 0.4) is 0 Å². The Bertz CT molecular complexity index is 1200. The zero-order chi connectivity index (χ0) is 23.8. The van der Waals surface area contributed by atoms with E-state index < -0.39 is 11.7 Å². The summed E-state index contributed by atoms with van der Waals surface area (Å²) < 4.78 is 9.49. The predicted molar refractivity (Wildman–Crippen MR) is 117 cm³/mol. The van der Waals surface area contributed by atoms with Crippen molar-refractivity contribution < 1.29 is 23.9 Å². The van der Waals surface area contributed by atoms with Gasteiger partial charge in [0.15, 0.2) is 16.9 Å². The molecule has 0 fully saturated rings. The van der Waals surface area contributed by atoms with Gasteiger partial charge in [-0.1, -0.05) is 0 Å². The SMILES string of the molecule is CN(Cc1cnc2nc(N)[nH]c(=O)c2n1)c1ccc(C(=O)C[C@@H](CCOC=O)OC=O)cc1. The molecule has 1 aromatic carbocycles. The standard InChI is InChI=1S/C21H22N6O6/c1-27(10-14-9-23-19-18(24-14)20(31)26-21(22)25-19)15-4-2-13(3-5-15)17(30)8-16(33-12-29)6-7-32-11-28/h2-5,9,11-12,16H,6-8,10H2,1H3,(H3,22,23,25,26,31)/t16-/m1/s1. The summed E-state index contributed by atoms with van der Waals surface area (Å²) in [5.41, 5.74) is 7.12. The lowest BCUT2D eigenvalue weighted by atomic mass is 10.0. The molecule has 12 heteroatoms. The zero-order valence-corrected chi connectivity index (χ0v) is 17.8. The topological polar surface area (TPSA) is 170 Å². The molecular formula is C21H22N6O6. The van der Waals surface area contributed by atoms with Crippen LogP contribution in [-0.2, 0) is 25.6 Å². The van der Waals surface area contributed by atoms with Gasteiger partial charge in [0.25, 0.3) is 18.5 Å². The van der Waals surface area contributed by atoms with E-state index in [-0.39, 0.29) is 48.8 Å². The first-order valence-electron chi connectivity index (χ1n) is 9.91. The number of anilines is 2. The minimum Gasteiger partial charge on any atom is -0.468 e. The number of rotatable bonds is 12. The fourth-order valence-corrected chi connectivity index (χ4v) is 3.15. The van der Waals surface area contributed by atoms with E-state index in [1.807, 2.05) is 11.9 Å². The number of hydrogen-bond donors (Lipinski definition) is 2. The highest BCUT2D eigenvalue weighted by Gasteiger charge is 2.17. The second kappa shape index (κ2) is 10.8. The monoisotopic (exact) mass is 454 g/mol. The van der Waals surface area contributed by atoms with Gasteiger partial charge in [-0.15, -0.1) is 0 Å². The third-order valence-corrected chi connectivity index (χ3v) is 4.80. The van der Waals surface area contributed by atoms with Gasteiger partial charge in [0.2, 0.25) is 5.95 Å². The van der Waals surface area contributed by atoms with E-state index in [0.717, 1.165) is 5.69 Å². The number of nitrogen functional groups attached to an aromatic ring is 1. The number of hydrogen-bond acceptors (Lipinski definition) is 11. The Labute approximate surface area is 187 Å². The third-order valence-electron chi connectivity index (χ3n) is 4.80. The summed E-state index contributed by atoms with van der Waals surface area (Å²) >= 11 is 0. The molecule has 3 aromatic rings. The van der Waals surface area contributed by atoms with Crippen molar-refractivity contribution in [3.63, 3.8) is 0 Å². The molecule has 0 saturated carbocycles. The first-order chi connectivity index (χ1) is 15.9. The summed E-state index contributed by atoms with van der Waals surface area (Å²) in [6.07, 6.45) is 1.03. The van der Waals surface area contributed by atoms with Crippen molar-refractivity contribution in [3.05, 3.63) is 52.1 Å². The molecule has 0 aliphatic heterocycles. The van der Waals surface area contributed by atoms with Crippen molar-refractivity contribution in [2.75, 3.05) is 24.3 Å². The fraction of sp³-hybridized carbons (Fsp3) is 0.286. The summed E-state index contributed by atoms with van der Waals surface area (Å²) in [6, 6.07) is 6.86. The van der Waals surface area contributed by atoms with E-state index >= 15 is 0 Å². The van der Waals surface area contributed by atoms with Crippen LogP contribution in [0.1, 0.15) is 28.9 Å². The highest BCUT2D eigenvalue weighted by atomic mass is 16.5. The molecule has 3 rings (SSSR count). The van der Waals surface area contributed by atoms with Crippen molar-refractivity contribution in [2.45, 2.75) is 25.5 Å². The average Bonchev–Trinajstić information content (AvgIpc) is 2.79. The Kier molecular flexibility index (Phi) is 7.63. The van der Waals surface area contributed by atoms with Gasteiger partial charge < -0.3 is 20.1 Å². The number of Topliss-reactive ketones (excluding diaryl/α,β-unsaturated/α-hetero) is 1. The van der Waals surface area contributed by atoms with Gasteiger partial charge in [0, 0.05) is 31.1 Å². The molecule has 0 amide bonds. The number of ether oxygens (including phenoxy) is 2. The molecule has 0 saturated heterocycles. The quantitative estimate of drug-likeness (QED) is 0.223. The normalized spacial score (nSPS) is 11.5. The molecule has 172 valence electrons. The molecule has 12 nitrogen and oxygen atoms in total. The minimum absolute atomic E-state index is 0.0281. The van der Waals surface area contributed by atoms with E-state index in [0.29, 0.717) is 24.3 Å². The molecule has 2 heterocycles. The number of ketones is 1. The van der Waals surface area contributed by atoms with Crippen molar-refractivity contribution in [3.8, 4) is 0 Å². The maximum absolute atomic E-state index is 12.5. The van der Waals surface area contributed by atoms with Crippen LogP contribution < -0.4 is 16.2 Å². The van der Waals surface area contributed by atoms with E-state index in [9.17, 15) is 19.2 Å². The smallest absolute Gasteiger partial charge is 0.293 e. The Morgan fingerprint density at radius 3 is 2.67 bits per heavy atom. The number of H-pyrrole nitrogens is 1. The number of carbonyl (C=O) groups is 3. The first kappa shape index (κ1) is 23.3. The van der Waals surface area contributed by atoms with E-state index in [2.05, 4.69) is 24.7 Å². The molecule has 0 aliphatic rings. The molecule has 0 radical (unpaired) electrons. The van der Waals surface area contributed by atoms with Crippen molar-refractivity contribution in [1.29, 1.82) is 0 Å². The number of aromatic amines is 1. The van der Waals surface area contributed by atoms with Gasteiger partial charge in [-0.05, 0) is 24.3 Å². The number of fused-ring (bicyclic) bond motifs is 1. The van der Waals surface area contributed by atoms with Crippen LogP contribution in [0.15, 0.2) is 35.3 Å². The zero-order valence-electron chi connectivity index (χ0n) is 17.8. The third kappa shape index (κ3) is 6.09. The molecule has 0 aliphatic carbocycles. The minimum atomic E-state index is -0.684. The first-order valence-corrected chi connectivity index (χ1v) is 9.91. The number of nitrogens with zero attached hydrogens (tertiary/aromatic N) is 4. The highest BCUT2D eigenvalue weighted by molar-refractivity contribution is 5.96. The molecule has 33 heavy (non-hydrogen) atoms. The van der Waals surface area contributed by atoms with Crippen molar-refractivity contribution >= 4 is 41.5 Å². The molecule has 0 bridgehead atoms. The number of carbonyl (C=O) groups excluding carboxylic acids is 3. The van der Waals surface area contributed by atoms with Crippen LogP contribution in [0.5, 0.6) is 0 Å². The second-order valence-electron chi connectivity index (χ2n) is 7.12.